The van der Waals surface area contributed by atoms with E-state index in [2.05, 4.69) is 13.8 Å². The molecule has 2 unspecified atom stereocenters. The first kappa shape index (κ1) is 22.1. The van der Waals surface area contributed by atoms with Crippen molar-refractivity contribution in [3.05, 3.63) is 35.9 Å². The number of thioether (sulfide) groups is 1. The van der Waals surface area contributed by atoms with E-state index in [1.165, 1.54) is 57.8 Å². The molecule has 0 radical (unpaired) electrons. The smallest absolute Gasteiger partial charge is 0.314 e. The molecule has 0 aliphatic carbocycles. The zero-order valence-electron chi connectivity index (χ0n) is 16.3. The van der Waals surface area contributed by atoms with Crippen LogP contribution in [0.4, 0.5) is 0 Å². The van der Waals surface area contributed by atoms with Crippen molar-refractivity contribution >= 4 is 17.7 Å². The Morgan fingerprint density at radius 1 is 1.04 bits per heavy atom. The van der Waals surface area contributed by atoms with Crippen molar-refractivity contribution in [3.63, 3.8) is 0 Å². The zero-order chi connectivity index (χ0) is 18.5. The van der Waals surface area contributed by atoms with Gasteiger partial charge in [-0.15, -0.1) is 0 Å². The maximum absolute atomic E-state index is 11.8. The molecule has 0 saturated carbocycles. The summed E-state index contributed by atoms with van der Waals surface area (Å²) in [4.78, 5) is 11.8. The van der Waals surface area contributed by atoms with Crippen molar-refractivity contribution < 1.29 is 9.90 Å². The molecular formula is C22H36O2S. The van der Waals surface area contributed by atoms with Crippen LogP contribution in [0.2, 0.25) is 0 Å². The van der Waals surface area contributed by atoms with Crippen LogP contribution >= 0.6 is 11.8 Å². The van der Waals surface area contributed by atoms with E-state index in [-0.39, 0.29) is 0 Å². The number of carboxylic acid groups (broad SMARTS) is 1. The Balaban J connectivity index is 2.27. The molecule has 0 saturated heterocycles. The first-order valence-electron chi connectivity index (χ1n) is 9.91. The molecular weight excluding hydrogens is 328 g/mol. The summed E-state index contributed by atoms with van der Waals surface area (Å²) in [5, 5.41) is 10.2. The second kappa shape index (κ2) is 12.4. The van der Waals surface area contributed by atoms with Gasteiger partial charge in [-0.3, -0.25) is 4.79 Å². The lowest BCUT2D eigenvalue weighted by molar-refractivity contribution is -0.142. The van der Waals surface area contributed by atoms with E-state index in [0.29, 0.717) is 11.0 Å². The number of aliphatic carboxylic acids is 1. The second-order valence-corrected chi connectivity index (χ2v) is 8.82. The van der Waals surface area contributed by atoms with Crippen LogP contribution in [0.3, 0.4) is 0 Å². The van der Waals surface area contributed by atoms with Gasteiger partial charge in [-0.1, -0.05) is 95.5 Å². The molecule has 25 heavy (non-hydrogen) atoms. The molecule has 0 aromatic heterocycles. The van der Waals surface area contributed by atoms with Crippen LogP contribution in [0.15, 0.2) is 30.3 Å². The van der Waals surface area contributed by atoms with Gasteiger partial charge in [0.2, 0.25) is 0 Å². The van der Waals surface area contributed by atoms with Gasteiger partial charge in [-0.05, 0) is 18.9 Å². The minimum Gasteiger partial charge on any atom is -0.481 e. The van der Waals surface area contributed by atoms with E-state index in [1.807, 2.05) is 37.3 Å². The Labute approximate surface area is 158 Å². The van der Waals surface area contributed by atoms with Gasteiger partial charge in [0.25, 0.3) is 0 Å². The van der Waals surface area contributed by atoms with Gasteiger partial charge in [0, 0.05) is 11.0 Å². The van der Waals surface area contributed by atoms with E-state index >= 15 is 0 Å². The van der Waals surface area contributed by atoms with Crippen LogP contribution in [-0.2, 0) is 10.2 Å². The molecule has 0 aliphatic heterocycles. The maximum atomic E-state index is 11.8. The van der Waals surface area contributed by atoms with Crippen LogP contribution in [0.1, 0.15) is 84.1 Å². The molecule has 0 bridgehead atoms. The van der Waals surface area contributed by atoms with Gasteiger partial charge >= 0.3 is 5.97 Å². The lowest BCUT2D eigenvalue weighted by Crippen LogP contribution is -2.35. The lowest BCUT2D eigenvalue weighted by Gasteiger charge is -2.26. The Morgan fingerprint density at radius 3 is 2.16 bits per heavy atom. The fourth-order valence-corrected chi connectivity index (χ4v) is 4.27. The fraction of sp³-hybridized carbons (Fsp3) is 0.682. The number of carbonyl (C=O) groups is 1. The van der Waals surface area contributed by atoms with Gasteiger partial charge in [-0.25, -0.2) is 0 Å². The van der Waals surface area contributed by atoms with Crippen molar-refractivity contribution in [1.29, 1.82) is 0 Å². The highest BCUT2D eigenvalue weighted by Gasteiger charge is 2.35. The fourth-order valence-electron chi connectivity index (χ4n) is 3.03. The summed E-state index contributed by atoms with van der Waals surface area (Å²) in [5.74, 6) is -0.102. The van der Waals surface area contributed by atoms with Crippen molar-refractivity contribution in [3.8, 4) is 0 Å². The first-order valence-corrected chi connectivity index (χ1v) is 11.0. The number of hydrogen-bond acceptors (Lipinski definition) is 2. The normalized spacial score (nSPS) is 14.8. The summed E-state index contributed by atoms with van der Waals surface area (Å²) in [7, 11) is 0. The summed E-state index contributed by atoms with van der Waals surface area (Å²) in [6, 6.07) is 9.63. The minimum absolute atomic E-state index is 0.516. The summed E-state index contributed by atoms with van der Waals surface area (Å²) >= 11 is 1.80. The summed E-state index contributed by atoms with van der Waals surface area (Å²) in [6.07, 6.45) is 11.9. The lowest BCUT2D eigenvalue weighted by atomic mass is 9.85. The molecule has 0 aliphatic rings. The van der Waals surface area contributed by atoms with Crippen molar-refractivity contribution in [2.75, 3.05) is 5.75 Å². The molecule has 2 atom stereocenters. The van der Waals surface area contributed by atoms with E-state index < -0.39 is 11.4 Å². The number of carboxylic acids is 1. The number of rotatable bonds is 14. The summed E-state index contributed by atoms with van der Waals surface area (Å²) in [6.45, 7) is 6.34. The van der Waals surface area contributed by atoms with E-state index in [1.54, 1.807) is 11.8 Å². The molecule has 1 rings (SSSR count). The maximum Gasteiger partial charge on any atom is 0.314 e. The van der Waals surface area contributed by atoms with E-state index in [0.717, 1.165) is 5.56 Å². The average molecular weight is 365 g/mol. The number of benzene rings is 1. The topological polar surface area (TPSA) is 37.3 Å². The quantitative estimate of drug-likeness (QED) is 0.374. The third kappa shape index (κ3) is 8.31. The Kier molecular flexibility index (Phi) is 11.0. The van der Waals surface area contributed by atoms with Crippen LogP contribution in [0.5, 0.6) is 0 Å². The zero-order valence-corrected chi connectivity index (χ0v) is 17.1. The minimum atomic E-state index is -0.806. The van der Waals surface area contributed by atoms with Crippen LogP contribution in [-0.4, -0.2) is 22.1 Å². The van der Waals surface area contributed by atoms with E-state index in [9.17, 15) is 9.90 Å². The highest BCUT2D eigenvalue weighted by atomic mass is 32.2. The molecule has 1 aromatic rings. The molecule has 3 heteroatoms. The Bertz CT molecular complexity index is 474. The first-order chi connectivity index (χ1) is 12.0. The highest BCUT2D eigenvalue weighted by Crippen LogP contribution is 2.31. The number of unbranched alkanes of at least 4 members (excludes halogenated alkanes) is 7. The predicted molar refractivity (Wildman–Crippen MR) is 111 cm³/mol. The van der Waals surface area contributed by atoms with Crippen LogP contribution in [0.25, 0.3) is 0 Å². The standard InChI is InChI=1S/C22H36O2S/c1-4-5-6-7-8-9-10-12-15-19(2)25-18-22(3,21(23)24)20-16-13-11-14-17-20/h11,13-14,16-17,19H,4-10,12,15,18H2,1-3H3,(H,23,24). The van der Waals surface area contributed by atoms with Crippen molar-refractivity contribution in [2.45, 2.75) is 89.2 Å². The molecule has 1 aromatic carbocycles. The third-order valence-electron chi connectivity index (χ3n) is 5.00. The van der Waals surface area contributed by atoms with Crippen molar-refractivity contribution in [2.24, 2.45) is 0 Å². The molecule has 0 heterocycles. The van der Waals surface area contributed by atoms with Gasteiger partial charge in [0.05, 0.1) is 5.41 Å². The van der Waals surface area contributed by atoms with Crippen LogP contribution in [0, 0.1) is 0 Å². The van der Waals surface area contributed by atoms with Crippen molar-refractivity contribution in [1.82, 2.24) is 0 Å². The molecule has 0 amide bonds. The van der Waals surface area contributed by atoms with Crippen LogP contribution < -0.4 is 0 Å². The molecule has 2 nitrogen and oxygen atoms in total. The molecule has 0 fully saturated rings. The molecule has 0 spiro atoms. The molecule has 1 N–H and O–H groups in total. The summed E-state index contributed by atoms with van der Waals surface area (Å²) in [5.41, 5.74) is 0.0914. The average Bonchev–Trinajstić information content (AvgIpc) is 2.62. The van der Waals surface area contributed by atoms with Gasteiger partial charge in [0.15, 0.2) is 0 Å². The number of hydrogen-bond donors (Lipinski definition) is 1. The predicted octanol–water partition coefficient (Wildman–Crippen LogP) is 6.68. The van der Waals surface area contributed by atoms with E-state index in [4.69, 9.17) is 0 Å². The Hall–Kier alpha value is -0.960. The summed E-state index contributed by atoms with van der Waals surface area (Å²) < 4.78 is 0. The second-order valence-electron chi connectivity index (χ2n) is 7.39. The molecule has 142 valence electrons. The van der Waals surface area contributed by atoms with Gasteiger partial charge < -0.3 is 5.11 Å². The SMILES string of the molecule is CCCCCCCCCCC(C)SCC(C)(C(=O)O)c1ccccc1. The largest absolute Gasteiger partial charge is 0.481 e. The van der Waals surface area contributed by atoms with Gasteiger partial charge in [-0.2, -0.15) is 11.8 Å². The third-order valence-corrected chi connectivity index (χ3v) is 6.55. The van der Waals surface area contributed by atoms with Gasteiger partial charge in [0.1, 0.15) is 0 Å². The monoisotopic (exact) mass is 364 g/mol. The highest BCUT2D eigenvalue weighted by molar-refractivity contribution is 7.99. The Morgan fingerprint density at radius 2 is 1.60 bits per heavy atom.